The van der Waals surface area contributed by atoms with Gasteiger partial charge in [-0.25, -0.2) is 0 Å². The third-order valence-electron chi connectivity index (χ3n) is 6.07. The smallest absolute Gasteiger partial charge is 0.246 e. The van der Waals surface area contributed by atoms with E-state index in [1.807, 2.05) is 65.6 Å². The summed E-state index contributed by atoms with van der Waals surface area (Å²) in [6, 6.07) is 18.0. The molecular formula is C26H32N2O3. The molecule has 2 aliphatic heterocycles. The molecule has 31 heavy (non-hydrogen) atoms. The molecule has 2 saturated heterocycles. The molecule has 0 unspecified atom stereocenters. The Labute approximate surface area is 185 Å². The van der Waals surface area contributed by atoms with E-state index < -0.39 is 0 Å². The molecular weight excluding hydrogens is 388 g/mol. The van der Waals surface area contributed by atoms with Crippen molar-refractivity contribution in [2.45, 2.75) is 19.4 Å². The molecule has 0 saturated carbocycles. The Balaban J connectivity index is 1.23. The molecule has 0 radical (unpaired) electrons. The summed E-state index contributed by atoms with van der Waals surface area (Å²) in [6.45, 7) is 7.13. The third kappa shape index (κ3) is 6.68. The zero-order chi connectivity index (χ0) is 21.3. The summed E-state index contributed by atoms with van der Waals surface area (Å²) in [5.41, 5.74) is 2.11. The fourth-order valence-corrected chi connectivity index (χ4v) is 4.21. The monoisotopic (exact) mass is 420 g/mol. The van der Waals surface area contributed by atoms with Crippen LogP contribution in [0.1, 0.15) is 24.0 Å². The van der Waals surface area contributed by atoms with Gasteiger partial charge in [0.15, 0.2) is 0 Å². The lowest BCUT2D eigenvalue weighted by atomic mass is 9.96. The van der Waals surface area contributed by atoms with Crippen molar-refractivity contribution in [3.05, 3.63) is 71.8 Å². The molecule has 5 nitrogen and oxygen atoms in total. The topological polar surface area (TPSA) is 42.0 Å². The highest BCUT2D eigenvalue weighted by molar-refractivity contribution is 5.91. The number of ether oxygens (including phenoxy) is 2. The minimum atomic E-state index is 0.0976. The molecule has 2 aromatic rings. The lowest BCUT2D eigenvalue weighted by molar-refractivity contribution is -0.127. The second kappa shape index (κ2) is 11.1. The van der Waals surface area contributed by atoms with E-state index in [-0.39, 0.29) is 5.91 Å². The van der Waals surface area contributed by atoms with E-state index in [9.17, 15) is 4.79 Å². The van der Waals surface area contributed by atoms with Gasteiger partial charge in [-0.2, -0.15) is 0 Å². The van der Waals surface area contributed by atoms with Crippen molar-refractivity contribution in [1.82, 2.24) is 9.80 Å². The molecule has 2 heterocycles. The van der Waals surface area contributed by atoms with Crippen LogP contribution in [0.25, 0.3) is 6.08 Å². The van der Waals surface area contributed by atoms with Crippen molar-refractivity contribution in [2.24, 2.45) is 5.92 Å². The van der Waals surface area contributed by atoms with Gasteiger partial charge in [-0.05, 0) is 48.1 Å². The van der Waals surface area contributed by atoms with Crippen LogP contribution in [0.15, 0.2) is 60.7 Å². The van der Waals surface area contributed by atoms with Crippen LogP contribution in [-0.4, -0.2) is 61.6 Å². The Morgan fingerprint density at radius 2 is 1.77 bits per heavy atom. The summed E-state index contributed by atoms with van der Waals surface area (Å²) in [6.07, 6.45) is 5.75. The van der Waals surface area contributed by atoms with Gasteiger partial charge >= 0.3 is 0 Å². The minimum Gasteiger partial charge on any atom is -0.489 e. The van der Waals surface area contributed by atoms with Gasteiger partial charge in [-0.3, -0.25) is 9.69 Å². The van der Waals surface area contributed by atoms with E-state index in [1.165, 1.54) is 0 Å². The van der Waals surface area contributed by atoms with Crippen molar-refractivity contribution in [1.29, 1.82) is 0 Å². The average Bonchev–Trinajstić information content (AvgIpc) is 2.83. The SMILES string of the molecule is O=C(/C=C/c1cccc(OCc2ccccc2)c1)N1CCC(CN2CCOCC2)CC1. The van der Waals surface area contributed by atoms with Crippen molar-refractivity contribution in [3.8, 4) is 5.75 Å². The predicted molar refractivity (Wildman–Crippen MR) is 123 cm³/mol. The van der Waals surface area contributed by atoms with Crippen LogP contribution in [0, 0.1) is 5.92 Å². The molecule has 0 atom stereocenters. The number of likely N-dealkylation sites (tertiary alicyclic amines) is 1. The molecule has 1 amide bonds. The van der Waals surface area contributed by atoms with Crippen molar-refractivity contribution in [2.75, 3.05) is 45.9 Å². The largest absolute Gasteiger partial charge is 0.489 e. The van der Waals surface area contributed by atoms with Crippen molar-refractivity contribution in [3.63, 3.8) is 0 Å². The van der Waals surface area contributed by atoms with E-state index in [2.05, 4.69) is 4.90 Å². The summed E-state index contributed by atoms with van der Waals surface area (Å²) in [5, 5.41) is 0. The summed E-state index contributed by atoms with van der Waals surface area (Å²) >= 11 is 0. The Morgan fingerprint density at radius 3 is 2.55 bits per heavy atom. The zero-order valence-electron chi connectivity index (χ0n) is 18.1. The van der Waals surface area contributed by atoms with Crippen molar-refractivity contribution < 1.29 is 14.3 Å². The Morgan fingerprint density at radius 1 is 1.00 bits per heavy atom. The number of amides is 1. The fraction of sp³-hybridized carbons (Fsp3) is 0.423. The van der Waals surface area contributed by atoms with E-state index in [1.54, 1.807) is 6.08 Å². The second-order valence-corrected chi connectivity index (χ2v) is 8.36. The highest BCUT2D eigenvalue weighted by Crippen LogP contribution is 2.20. The van der Waals surface area contributed by atoms with Crippen LogP contribution in [0.5, 0.6) is 5.75 Å². The van der Waals surface area contributed by atoms with Crippen molar-refractivity contribution >= 4 is 12.0 Å². The van der Waals surface area contributed by atoms with Crippen LogP contribution in [0.3, 0.4) is 0 Å². The molecule has 2 fully saturated rings. The minimum absolute atomic E-state index is 0.0976. The number of hydrogen-bond acceptors (Lipinski definition) is 4. The first kappa shape index (κ1) is 21.6. The van der Waals surface area contributed by atoms with Gasteiger partial charge < -0.3 is 14.4 Å². The van der Waals surface area contributed by atoms with Gasteiger partial charge in [0.25, 0.3) is 0 Å². The van der Waals surface area contributed by atoms with E-state index in [0.29, 0.717) is 12.5 Å². The molecule has 2 aliphatic rings. The first-order valence-corrected chi connectivity index (χ1v) is 11.3. The normalized spacial score (nSPS) is 18.4. The highest BCUT2D eigenvalue weighted by atomic mass is 16.5. The number of carbonyl (C=O) groups excluding carboxylic acids is 1. The van der Waals surface area contributed by atoms with E-state index >= 15 is 0 Å². The quantitative estimate of drug-likeness (QED) is 0.638. The van der Waals surface area contributed by atoms with E-state index in [0.717, 1.165) is 75.7 Å². The summed E-state index contributed by atoms with van der Waals surface area (Å²) < 4.78 is 11.3. The molecule has 5 heteroatoms. The molecule has 0 aliphatic carbocycles. The standard InChI is InChI=1S/C26H32N2O3/c29-26(28-13-11-23(12-14-28)20-27-15-17-30-18-16-27)10-9-22-7-4-8-25(19-22)31-21-24-5-2-1-3-6-24/h1-10,19,23H,11-18,20-21H2/b10-9+. The van der Waals surface area contributed by atoms with Gasteiger partial charge in [0.1, 0.15) is 12.4 Å². The van der Waals surface area contributed by atoms with Gasteiger partial charge in [0.05, 0.1) is 13.2 Å². The average molecular weight is 421 g/mol. The van der Waals surface area contributed by atoms with Gasteiger partial charge in [0, 0.05) is 38.8 Å². The summed E-state index contributed by atoms with van der Waals surface area (Å²) in [7, 11) is 0. The van der Waals surface area contributed by atoms with Crippen LogP contribution in [0.4, 0.5) is 0 Å². The number of morpholine rings is 1. The molecule has 164 valence electrons. The maximum absolute atomic E-state index is 12.6. The predicted octanol–water partition coefficient (Wildman–Crippen LogP) is 3.85. The molecule has 2 aromatic carbocycles. The number of nitrogens with zero attached hydrogens (tertiary/aromatic N) is 2. The van der Waals surface area contributed by atoms with Gasteiger partial charge in [-0.1, -0.05) is 42.5 Å². The Hall–Kier alpha value is -2.63. The Bertz CT molecular complexity index is 854. The number of rotatable bonds is 7. The first-order chi connectivity index (χ1) is 15.3. The second-order valence-electron chi connectivity index (χ2n) is 8.36. The fourth-order valence-electron chi connectivity index (χ4n) is 4.21. The molecule has 4 rings (SSSR count). The van der Waals surface area contributed by atoms with Crippen LogP contribution in [0.2, 0.25) is 0 Å². The maximum atomic E-state index is 12.6. The lowest BCUT2D eigenvalue weighted by Gasteiger charge is -2.35. The van der Waals surface area contributed by atoms with Gasteiger partial charge in [0.2, 0.25) is 5.91 Å². The molecule has 0 spiro atoms. The number of hydrogen-bond donors (Lipinski definition) is 0. The van der Waals surface area contributed by atoms with Crippen LogP contribution in [-0.2, 0) is 16.1 Å². The zero-order valence-corrected chi connectivity index (χ0v) is 18.1. The molecule has 0 bridgehead atoms. The van der Waals surface area contributed by atoms with E-state index in [4.69, 9.17) is 9.47 Å². The number of piperidine rings is 1. The molecule has 0 aromatic heterocycles. The maximum Gasteiger partial charge on any atom is 0.246 e. The Kier molecular flexibility index (Phi) is 7.75. The highest BCUT2D eigenvalue weighted by Gasteiger charge is 2.24. The lowest BCUT2D eigenvalue weighted by Crippen LogP contribution is -2.43. The van der Waals surface area contributed by atoms with Crippen LogP contribution >= 0.6 is 0 Å². The van der Waals surface area contributed by atoms with Crippen LogP contribution < -0.4 is 4.74 Å². The summed E-state index contributed by atoms with van der Waals surface area (Å²) in [4.78, 5) is 17.1. The molecule has 0 N–H and O–H groups in total. The summed E-state index contributed by atoms with van der Waals surface area (Å²) in [5.74, 6) is 1.59. The first-order valence-electron chi connectivity index (χ1n) is 11.3. The number of benzene rings is 2. The number of carbonyl (C=O) groups is 1. The third-order valence-corrected chi connectivity index (χ3v) is 6.07. The van der Waals surface area contributed by atoms with Gasteiger partial charge in [-0.15, -0.1) is 0 Å².